The lowest BCUT2D eigenvalue weighted by Crippen LogP contribution is -2.29. The second-order valence-corrected chi connectivity index (χ2v) is 5.90. The fraction of sp³-hybridized carbons (Fsp3) is 0.533. The monoisotopic (exact) mass is 277 g/mol. The van der Waals surface area contributed by atoms with Crippen LogP contribution in [0.3, 0.4) is 0 Å². The molecule has 0 aliphatic heterocycles. The number of hydrogen-bond donors (Lipinski definition) is 1. The molecule has 0 radical (unpaired) electrons. The molecule has 1 aromatic carbocycles. The van der Waals surface area contributed by atoms with E-state index in [1.807, 2.05) is 17.8 Å². The minimum atomic E-state index is 0.593. The first kappa shape index (κ1) is 14.4. The van der Waals surface area contributed by atoms with Gasteiger partial charge >= 0.3 is 0 Å². The van der Waals surface area contributed by atoms with Crippen LogP contribution in [-0.4, -0.2) is 34.1 Å². The third-order valence-corrected chi connectivity index (χ3v) is 4.20. The van der Waals surface area contributed by atoms with E-state index in [4.69, 9.17) is 4.98 Å². The second kappa shape index (κ2) is 6.96. The lowest BCUT2D eigenvalue weighted by atomic mass is 10.2. The van der Waals surface area contributed by atoms with Gasteiger partial charge in [-0.3, -0.25) is 0 Å². The summed E-state index contributed by atoms with van der Waals surface area (Å²) < 4.78 is 2.21. The molecule has 0 fully saturated rings. The number of aromatic nitrogens is 2. The summed E-state index contributed by atoms with van der Waals surface area (Å²) in [7, 11) is 2.11. The Bertz CT molecular complexity index is 521. The van der Waals surface area contributed by atoms with E-state index in [2.05, 4.69) is 48.3 Å². The van der Waals surface area contributed by atoms with Crippen molar-refractivity contribution in [2.24, 2.45) is 7.05 Å². The third kappa shape index (κ3) is 3.74. The van der Waals surface area contributed by atoms with Crippen LogP contribution in [0, 0.1) is 0 Å². The lowest BCUT2D eigenvalue weighted by Gasteiger charge is -2.11. The molecule has 0 saturated carbocycles. The number of aryl methyl sites for hydroxylation is 2. The van der Waals surface area contributed by atoms with E-state index in [0.717, 1.165) is 24.9 Å². The Morgan fingerprint density at radius 2 is 2.16 bits per heavy atom. The molecule has 0 spiro atoms. The van der Waals surface area contributed by atoms with Crippen LogP contribution in [0.1, 0.15) is 19.2 Å². The average molecular weight is 277 g/mol. The molecule has 104 valence electrons. The van der Waals surface area contributed by atoms with Crippen LogP contribution in [0.5, 0.6) is 0 Å². The van der Waals surface area contributed by atoms with Crippen LogP contribution < -0.4 is 5.32 Å². The molecule has 2 aromatic rings. The number of rotatable bonds is 7. The lowest BCUT2D eigenvalue weighted by molar-refractivity contribution is 0.568. The predicted molar refractivity (Wildman–Crippen MR) is 84.9 cm³/mol. The fourth-order valence-corrected chi connectivity index (χ4v) is 2.94. The quantitative estimate of drug-likeness (QED) is 0.789. The molecule has 2 rings (SSSR count). The topological polar surface area (TPSA) is 29.9 Å². The highest BCUT2D eigenvalue weighted by molar-refractivity contribution is 7.98. The van der Waals surface area contributed by atoms with Crippen molar-refractivity contribution >= 4 is 22.8 Å². The summed E-state index contributed by atoms with van der Waals surface area (Å²) in [6.45, 7) is 3.30. The zero-order chi connectivity index (χ0) is 13.7. The Hall–Kier alpha value is -1.00. The molecular formula is C15H23N3S. The van der Waals surface area contributed by atoms with Crippen molar-refractivity contribution in [1.82, 2.24) is 14.9 Å². The van der Waals surface area contributed by atoms with Crippen LogP contribution in [0.4, 0.5) is 0 Å². The van der Waals surface area contributed by atoms with Crippen molar-refractivity contribution in [2.75, 3.05) is 18.6 Å². The molecular weight excluding hydrogens is 254 g/mol. The molecule has 1 N–H and O–H groups in total. The smallest absolute Gasteiger partial charge is 0.109 e. The van der Waals surface area contributed by atoms with Gasteiger partial charge in [0.15, 0.2) is 0 Å². The van der Waals surface area contributed by atoms with Gasteiger partial charge in [-0.15, -0.1) is 0 Å². The molecule has 1 aromatic heterocycles. The van der Waals surface area contributed by atoms with Gasteiger partial charge in [-0.05, 0) is 38.3 Å². The number of hydrogen-bond acceptors (Lipinski definition) is 3. The van der Waals surface area contributed by atoms with Crippen molar-refractivity contribution in [3.63, 3.8) is 0 Å². The summed E-state index contributed by atoms with van der Waals surface area (Å²) in [6, 6.07) is 8.92. The van der Waals surface area contributed by atoms with E-state index < -0.39 is 0 Å². The van der Waals surface area contributed by atoms with E-state index in [0.29, 0.717) is 6.04 Å². The number of nitrogens with one attached hydrogen (secondary N) is 1. The molecule has 4 heteroatoms. The Morgan fingerprint density at radius 1 is 1.37 bits per heavy atom. The van der Waals surface area contributed by atoms with Crippen LogP contribution in [-0.2, 0) is 13.5 Å². The standard InChI is InChI=1S/C15H23N3S/c1-12(11-19-3)16-10-6-9-15-17-13-7-4-5-8-14(13)18(15)2/h4-5,7-8,12,16H,6,9-11H2,1-3H3/t12-/m1/s1. The van der Waals surface area contributed by atoms with Gasteiger partial charge in [0.05, 0.1) is 11.0 Å². The third-order valence-electron chi connectivity index (χ3n) is 3.37. The second-order valence-electron chi connectivity index (χ2n) is 4.99. The minimum absolute atomic E-state index is 0.593. The number of fused-ring (bicyclic) bond motifs is 1. The Balaban J connectivity index is 1.86. The molecule has 19 heavy (non-hydrogen) atoms. The van der Waals surface area contributed by atoms with Gasteiger partial charge in [-0.2, -0.15) is 11.8 Å². The van der Waals surface area contributed by atoms with Gasteiger partial charge in [0.1, 0.15) is 5.82 Å². The number of benzene rings is 1. The number of imidazole rings is 1. The molecule has 0 aliphatic carbocycles. The van der Waals surface area contributed by atoms with Gasteiger partial charge in [0, 0.05) is 25.3 Å². The summed E-state index contributed by atoms with van der Waals surface area (Å²) in [5.74, 6) is 2.35. The highest BCUT2D eigenvalue weighted by Crippen LogP contribution is 2.15. The summed E-state index contributed by atoms with van der Waals surface area (Å²) in [5.41, 5.74) is 2.32. The normalized spacial score (nSPS) is 13.0. The first-order chi connectivity index (χ1) is 9.22. The zero-order valence-electron chi connectivity index (χ0n) is 12.0. The van der Waals surface area contributed by atoms with E-state index in [1.165, 1.54) is 17.1 Å². The van der Waals surface area contributed by atoms with Crippen molar-refractivity contribution in [2.45, 2.75) is 25.8 Å². The number of nitrogens with zero attached hydrogens (tertiary/aromatic N) is 2. The molecule has 0 amide bonds. The maximum absolute atomic E-state index is 4.70. The van der Waals surface area contributed by atoms with Crippen LogP contribution in [0.15, 0.2) is 24.3 Å². The summed E-state index contributed by atoms with van der Waals surface area (Å²) in [5, 5.41) is 3.55. The Morgan fingerprint density at radius 3 is 2.89 bits per heavy atom. The van der Waals surface area contributed by atoms with Crippen LogP contribution >= 0.6 is 11.8 Å². The van der Waals surface area contributed by atoms with Gasteiger partial charge in [0.2, 0.25) is 0 Å². The van der Waals surface area contributed by atoms with Crippen molar-refractivity contribution in [3.8, 4) is 0 Å². The maximum Gasteiger partial charge on any atom is 0.109 e. The fourth-order valence-electron chi connectivity index (χ4n) is 2.32. The van der Waals surface area contributed by atoms with Gasteiger partial charge in [-0.25, -0.2) is 4.98 Å². The summed E-state index contributed by atoms with van der Waals surface area (Å²) in [4.78, 5) is 4.70. The summed E-state index contributed by atoms with van der Waals surface area (Å²) >= 11 is 1.89. The minimum Gasteiger partial charge on any atom is -0.331 e. The molecule has 1 atom stereocenters. The number of para-hydroxylation sites is 2. The molecule has 0 unspecified atom stereocenters. The van der Waals surface area contributed by atoms with E-state index in [1.54, 1.807) is 0 Å². The first-order valence-corrected chi connectivity index (χ1v) is 8.24. The SMILES string of the molecule is CSC[C@@H](C)NCCCc1nc2ccccc2n1C. The molecule has 0 aliphatic rings. The van der Waals surface area contributed by atoms with Crippen molar-refractivity contribution in [1.29, 1.82) is 0 Å². The largest absolute Gasteiger partial charge is 0.331 e. The zero-order valence-corrected chi connectivity index (χ0v) is 12.8. The highest BCUT2D eigenvalue weighted by atomic mass is 32.2. The van der Waals surface area contributed by atoms with E-state index >= 15 is 0 Å². The maximum atomic E-state index is 4.70. The van der Waals surface area contributed by atoms with Crippen molar-refractivity contribution in [3.05, 3.63) is 30.1 Å². The molecule has 3 nitrogen and oxygen atoms in total. The first-order valence-electron chi connectivity index (χ1n) is 6.85. The Labute approximate surface area is 119 Å². The van der Waals surface area contributed by atoms with E-state index in [9.17, 15) is 0 Å². The van der Waals surface area contributed by atoms with Gasteiger partial charge < -0.3 is 9.88 Å². The van der Waals surface area contributed by atoms with Crippen LogP contribution in [0.2, 0.25) is 0 Å². The molecule has 0 bridgehead atoms. The van der Waals surface area contributed by atoms with Gasteiger partial charge in [-0.1, -0.05) is 12.1 Å². The van der Waals surface area contributed by atoms with Crippen LogP contribution in [0.25, 0.3) is 11.0 Å². The molecule has 0 saturated heterocycles. The van der Waals surface area contributed by atoms with Gasteiger partial charge in [0.25, 0.3) is 0 Å². The predicted octanol–water partition coefficient (Wildman–Crippen LogP) is 2.85. The number of thioether (sulfide) groups is 1. The average Bonchev–Trinajstić information content (AvgIpc) is 2.73. The molecule has 1 heterocycles. The Kier molecular flexibility index (Phi) is 5.28. The van der Waals surface area contributed by atoms with E-state index in [-0.39, 0.29) is 0 Å². The van der Waals surface area contributed by atoms with Crippen molar-refractivity contribution < 1.29 is 0 Å². The summed E-state index contributed by atoms with van der Waals surface area (Å²) in [6.07, 6.45) is 4.32. The highest BCUT2D eigenvalue weighted by Gasteiger charge is 2.06.